The number of pyridine rings is 1. The van der Waals surface area contributed by atoms with E-state index in [0.717, 1.165) is 27.8 Å². The number of fused-ring (bicyclic) bond motifs is 1. The van der Waals surface area contributed by atoms with Crippen LogP contribution in [-0.4, -0.2) is 20.4 Å². The number of aromatic nitrogens is 3. The molecule has 0 unspecified atom stereocenters. The van der Waals surface area contributed by atoms with Crippen LogP contribution in [0.25, 0.3) is 11.0 Å². The van der Waals surface area contributed by atoms with E-state index in [1.54, 1.807) is 30.6 Å². The molecule has 4 rings (SSSR count). The molecule has 7 heteroatoms. The number of rotatable bonds is 6. The van der Waals surface area contributed by atoms with Crippen LogP contribution in [0.3, 0.4) is 0 Å². The van der Waals surface area contributed by atoms with Gasteiger partial charge >= 0.3 is 0 Å². The number of halogens is 1. The average Bonchev–Trinajstić information content (AvgIpc) is 3.07. The molecule has 0 radical (unpaired) electrons. The molecule has 5 nitrogen and oxygen atoms in total. The zero-order valence-electron chi connectivity index (χ0n) is 16.7. The van der Waals surface area contributed by atoms with Crippen molar-refractivity contribution in [2.24, 2.45) is 0 Å². The molecule has 0 fully saturated rings. The van der Waals surface area contributed by atoms with E-state index >= 15 is 0 Å². The lowest BCUT2D eigenvalue weighted by molar-refractivity contribution is -0.116. The maximum Gasteiger partial charge on any atom is 0.244 e. The fourth-order valence-electron chi connectivity index (χ4n) is 3.26. The van der Waals surface area contributed by atoms with Gasteiger partial charge in [0.25, 0.3) is 0 Å². The molecule has 0 aliphatic carbocycles. The van der Waals surface area contributed by atoms with Gasteiger partial charge in [-0.1, -0.05) is 47.7 Å². The fourth-order valence-corrected chi connectivity index (χ4v) is 4.26. The molecule has 2 heterocycles. The second-order valence-corrected chi connectivity index (χ2v) is 8.03. The largest absolute Gasteiger partial charge is 0.324 e. The molecule has 4 aromatic rings. The first-order chi connectivity index (χ1) is 14.5. The third-order valence-corrected chi connectivity index (χ3v) is 5.81. The first-order valence-electron chi connectivity index (χ1n) is 9.55. The Morgan fingerprint density at radius 2 is 2.00 bits per heavy atom. The Labute approximate surface area is 178 Å². The predicted molar refractivity (Wildman–Crippen MR) is 118 cm³/mol. The van der Waals surface area contributed by atoms with Crippen LogP contribution < -0.4 is 5.32 Å². The molecule has 1 amide bonds. The maximum absolute atomic E-state index is 14.0. The minimum absolute atomic E-state index is 0.0924. The third kappa shape index (κ3) is 4.36. The highest BCUT2D eigenvalue weighted by molar-refractivity contribution is 7.98. The second kappa shape index (κ2) is 8.67. The van der Waals surface area contributed by atoms with E-state index in [4.69, 9.17) is 0 Å². The molecule has 152 valence electrons. The molecule has 0 saturated carbocycles. The van der Waals surface area contributed by atoms with Gasteiger partial charge in [0.2, 0.25) is 5.91 Å². The minimum atomic E-state index is -0.248. The molecule has 0 bridgehead atoms. The SMILES string of the molecule is Cc1ccc(NC(=O)Cn2c(SCc3ccccc3F)nc3ccncc32)c(C)c1. The fraction of sp³-hybridized carbons (Fsp3) is 0.174. The summed E-state index contributed by atoms with van der Waals surface area (Å²) < 4.78 is 15.8. The van der Waals surface area contributed by atoms with Gasteiger partial charge in [0.15, 0.2) is 5.16 Å². The highest BCUT2D eigenvalue weighted by Gasteiger charge is 2.16. The van der Waals surface area contributed by atoms with Crippen LogP contribution >= 0.6 is 11.8 Å². The molecule has 2 aromatic carbocycles. The Hall–Kier alpha value is -3.19. The van der Waals surface area contributed by atoms with E-state index in [-0.39, 0.29) is 18.3 Å². The van der Waals surface area contributed by atoms with Gasteiger partial charge in [-0.3, -0.25) is 9.78 Å². The van der Waals surface area contributed by atoms with E-state index in [1.165, 1.54) is 17.8 Å². The Balaban J connectivity index is 1.58. The van der Waals surface area contributed by atoms with Crippen molar-refractivity contribution in [3.63, 3.8) is 0 Å². The topological polar surface area (TPSA) is 59.8 Å². The molecule has 0 aliphatic heterocycles. The van der Waals surface area contributed by atoms with Gasteiger partial charge in [0, 0.05) is 17.6 Å². The quantitative estimate of drug-likeness (QED) is 0.440. The van der Waals surface area contributed by atoms with Gasteiger partial charge in [0.1, 0.15) is 12.4 Å². The summed E-state index contributed by atoms with van der Waals surface area (Å²) in [4.78, 5) is 21.6. The third-order valence-electron chi connectivity index (χ3n) is 4.79. The first-order valence-corrected chi connectivity index (χ1v) is 10.5. The van der Waals surface area contributed by atoms with E-state index in [0.29, 0.717) is 16.5 Å². The Kier molecular flexibility index (Phi) is 5.81. The van der Waals surface area contributed by atoms with Crippen molar-refractivity contribution in [2.75, 3.05) is 5.32 Å². The Morgan fingerprint density at radius 3 is 2.80 bits per heavy atom. The number of imidazole rings is 1. The van der Waals surface area contributed by atoms with Crippen molar-refractivity contribution in [1.82, 2.24) is 14.5 Å². The smallest absolute Gasteiger partial charge is 0.244 e. The summed E-state index contributed by atoms with van der Waals surface area (Å²) in [5.41, 5.74) is 5.05. The molecular weight excluding hydrogens is 399 g/mol. The minimum Gasteiger partial charge on any atom is -0.324 e. The van der Waals surface area contributed by atoms with Crippen LogP contribution in [0.5, 0.6) is 0 Å². The lowest BCUT2D eigenvalue weighted by Gasteiger charge is -2.12. The van der Waals surface area contributed by atoms with Gasteiger partial charge in [-0.15, -0.1) is 0 Å². The van der Waals surface area contributed by atoms with Crippen molar-refractivity contribution in [3.05, 3.63) is 83.4 Å². The van der Waals surface area contributed by atoms with Crippen molar-refractivity contribution < 1.29 is 9.18 Å². The Bertz CT molecular complexity index is 1220. The standard InChI is InChI=1S/C23H21FN4OS/c1-15-7-8-19(16(2)11-15)26-22(29)13-28-21-12-25-10-9-20(21)27-23(28)30-14-17-5-3-4-6-18(17)24/h3-12H,13-14H2,1-2H3,(H,26,29). The normalized spacial score (nSPS) is 11.0. The zero-order chi connectivity index (χ0) is 21.1. The maximum atomic E-state index is 14.0. The summed E-state index contributed by atoms with van der Waals surface area (Å²) in [6, 6.07) is 14.4. The van der Waals surface area contributed by atoms with E-state index in [1.807, 2.05) is 42.7 Å². The number of aryl methyl sites for hydroxylation is 2. The summed E-state index contributed by atoms with van der Waals surface area (Å²) in [5, 5.41) is 3.62. The van der Waals surface area contributed by atoms with Crippen molar-refractivity contribution >= 4 is 34.4 Å². The van der Waals surface area contributed by atoms with Crippen molar-refractivity contribution in [2.45, 2.75) is 31.3 Å². The summed E-state index contributed by atoms with van der Waals surface area (Å²) in [6.45, 7) is 4.08. The van der Waals surface area contributed by atoms with Gasteiger partial charge in [-0.25, -0.2) is 9.37 Å². The lowest BCUT2D eigenvalue weighted by atomic mass is 10.1. The summed E-state index contributed by atoms with van der Waals surface area (Å²) in [5.74, 6) is 0.0158. The summed E-state index contributed by atoms with van der Waals surface area (Å²) in [7, 11) is 0. The number of hydrogen-bond acceptors (Lipinski definition) is 4. The predicted octanol–water partition coefficient (Wildman–Crippen LogP) is 5.12. The number of carbonyl (C=O) groups is 1. The Morgan fingerprint density at radius 1 is 1.17 bits per heavy atom. The molecule has 0 aliphatic rings. The molecule has 1 N–H and O–H groups in total. The zero-order valence-corrected chi connectivity index (χ0v) is 17.5. The first kappa shape index (κ1) is 20.1. The van der Waals surface area contributed by atoms with Crippen LogP contribution in [0.2, 0.25) is 0 Å². The number of benzene rings is 2. The van der Waals surface area contributed by atoms with Crippen LogP contribution in [0, 0.1) is 19.7 Å². The lowest BCUT2D eigenvalue weighted by Crippen LogP contribution is -2.19. The highest BCUT2D eigenvalue weighted by Crippen LogP contribution is 2.27. The highest BCUT2D eigenvalue weighted by atomic mass is 32.2. The molecule has 0 atom stereocenters. The molecule has 0 saturated heterocycles. The summed E-state index contributed by atoms with van der Waals surface area (Å²) >= 11 is 1.40. The monoisotopic (exact) mass is 420 g/mol. The number of amides is 1. The van der Waals surface area contributed by atoms with Crippen LogP contribution in [0.1, 0.15) is 16.7 Å². The number of thioether (sulfide) groups is 1. The van der Waals surface area contributed by atoms with Gasteiger partial charge in [-0.2, -0.15) is 0 Å². The second-order valence-electron chi connectivity index (χ2n) is 7.09. The average molecular weight is 421 g/mol. The van der Waals surface area contributed by atoms with Crippen molar-refractivity contribution in [1.29, 1.82) is 0 Å². The van der Waals surface area contributed by atoms with Crippen molar-refractivity contribution in [3.8, 4) is 0 Å². The molecule has 2 aromatic heterocycles. The number of nitrogens with zero attached hydrogens (tertiary/aromatic N) is 3. The van der Waals surface area contributed by atoms with Gasteiger partial charge in [-0.05, 0) is 43.2 Å². The number of nitrogens with one attached hydrogen (secondary N) is 1. The molecule has 30 heavy (non-hydrogen) atoms. The van der Waals surface area contributed by atoms with E-state index in [9.17, 15) is 9.18 Å². The van der Waals surface area contributed by atoms with Crippen LogP contribution in [0.15, 0.2) is 66.1 Å². The number of anilines is 1. The van der Waals surface area contributed by atoms with Crippen LogP contribution in [-0.2, 0) is 17.1 Å². The van der Waals surface area contributed by atoms with E-state index < -0.39 is 0 Å². The number of carbonyl (C=O) groups excluding carboxylic acids is 1. The molecular formula is C23H21FN4OS. The molecule has 0 spiro atoms. The summed E-state index contributed by atoms with van der Waals surface area (Å²) in [6.07, 6.45) is 3.36. The van der Waals surface area contributed by atoms with Gasteiger partial charge < -0.3 is 9.88 Å². The van der Waals surface area contributed by atoms with E-state index in [2.05, 4.69) is 15.3 Å². The van der Waals surface area contributed by atoms with Crippen LogP contribution in [0.4, 0.5) is 10.1 Å². The van der Waals surface area contributed by atoms with Gasteiger partial charge in [0.05, 0.1) is 17.2 Å². The number of hydrogen-bond donors (Lipinski definition) is 1.